The van der Waals surface area contributed by atoms with Gasteiger partial charge in [0.05, 0.1) is 11.8 Å². The fourth-order valence-corrected chi connectivity index (χ4v) is 2.59. The van der Waals surface area contributed by atoms with E-state index in [1.807, 2.05) is 36.4 Å². The van der Waals surface area contributed by atoms with Crippen LogP contribution in [-0.2, 0) is 9.59 Å². The number of hydrogen-bond acceptors (Lipinski definition) is 2. The smallest absolute Gasteiger partial charge is 0.307 e. The van der Waals surface area contributed by atoms with E-state index in [1.165, 1.54) is 0 Å². The van der Waals surface area contributed by atoms with Gasteiger partial charge in [-0.25, -0.2) is 0 Å². The number of anilines is 1. The van der Waals surface area contributed by atoms with E-state index < -0.39 is 17.8 Å². The number of rotatable bonds is 4. The molecule has 1 aromatic carbocycles. The molecule has 0 saturated carbocycles. The molecule has 1 aliphatic rings. The normalized spacial score (nSPS) is 21.3. The molecule has 0 radical (unpaired) electrons. The van der Waals surface area contributed by atoms with Crippen LogP contribution < -0.4 is 5.32 Å². The Labute approximate surface area is 124 Å². The van der Waals surface area contributed by atoms with Crippen LogP contribution in [0.1, 0.15) is 38.2 Å². The van der Waals surface area contributed by atoms with Crippen LogP contribution in [0, 0.1) is 11.8 Å². The van der Waals surface area contributed by atoms with Crippen molar-refractivity contribution in [2.24, 2.45) is 11.8 Å². The average Bonchev–Trinajstić information content (AvgIpc) is 2.47. The summed E-state index contributed by atoms with van der Waals surface area (Å²) in [5.41, 5.74) is 1.87. The quantitative estimate of drug-likeness (QED) is 0.834. The van der Waals surface area contributed by atoms with Gasteiger partial charge in [0.2, 0.25) is 5.91 Å². The van der Waals surface area contributed by atoms with Crippen molar-refractivity contribution in [2.75, 3.05) is 5.32 Å². The number of aliphatic carboxylic acids is 1. The highest BCUT2D eigenvalue weighted by Gasteiger charge is 2.33. The monoisotopic (exact) mass is 287 g/mol. The standard InChI is InChI=1S/C17H21NO3/c1-11(2)12-6-5-7-13(10-12)18-16(19)14-8-3-4-9-15(14)17(20)21/h3-7,10-11,14-15H,8-9H2,1-2H3,(H,18,19)(H,20,21)/t14-,15-/m0/s1. The third-order valence-corrected chi connectivity index (χ3v) is 3.91. The molecule has 0 aliphatic heterocycles. The fraction of sp³-hybridized carbons (Fsp3) is 0.412. The van der Waals surface area contributed by atoms with E-state index in [9.17, 15) is 14.7 Å². The number of carbonyl (C=O) groups is 2. The van der Waals surface area contributed by atoms with Crippen molar-refractivity contribution in [1.82, 2.24) is 0 Å². The Balaban J connectivity index is 2.11. The highest BCUT2D eigenvalue weighted by Crippen LogP contribution is 2.27. The van der Waals surface area contributed by atoms with Gasteiger partial charge in [-0.05, 0) is 36.5 Å². The largest absolute Gasteiger partial charge is 0.481 e. The Morgan fingerprint density at radius 3 is 2.48 bits per heavy atom. The van der Waals surface area contributed by atoms with Crippen LogP contribution in [-0.4, -0.2) is 17.0 Å². The van der Waals surface area contributed by atoms with Crippen molar-refractivity contribution in [3.63, 3.8) is 0 Å². The van der Waals surface area contributed by atoms with Gasteiger partial charge in [0.1, 0.15) is 0 Å². The lowest BCUT2D eigenvalue weighted by Crippen LogP contribution is -2.34. The average molecular weight is 287 g/mol. The number of nitrogens with one attached hydrogen (secondary N) is 1. The first-order valence-electron chi connectivity index (χ1n) is 7.27. The van der Waals surface area contributed by atoms with E-state index in [1.54, 1.807) is 0 Å². The lowest BCUT2D eigenvalue weighted by Gasteiger charge is -2.24. The summed E-state index contributed by atoms with van der Waals surface area (Å²) in [6.45, 7) is 4.18. The van der Waals surface area contributed by atoms with Crippen LogP contribution in [0.25, 0.3) is 0 Å². The third kappa shape index (κ3) is 3.72. The van der Waals surface area contributed by atoms with Gasteiger partial charge in [0.25, 0.3) is 0 Å². The van der Waals surface area contributed by atoms with Gasteiger partial charge in [-0.3, -0.25) is 9.59 Å². The van der Waals surface area contributed by atoms with Crippen LogP contribution in [0.15, 0.2) is 36.4 Å². The van der Waals surface area contributed by atoms with E-state index in [-0.39, 0.29) is 5.91 Å². The summed E-state index contributed by atoms with van der Waals surface area (Å²) >= 11 is 0. The lowest BCUT2D eigenvalue weighted by atomic mass is 9.82. The molecule has 1 aromatic rings. The second-order valence-electron chi connectivity index (χ2n) is 5.76. The van der Waals surface area contributed by atoms with Crippen LogP contribution in [0.5, 0.6) is 0 Å². The van der Waals surface area contributed by atoms with Gasteiger partial charge >= 0.3 is 5.97 Å². The van der Waals surface area contributed by atoms with Crippen molar-refractivity contribution in [2.45, 2.75) is 32.6 Å². The molecule has 112 valence electrons. The maximum atomic E-state index is 12.4. The van der Waals surface area contributed by atoms with Crippen molar-refractivity contribution in [3.05, 3.63) is 42.0 Å². The maximum Gasteiger partial charge on any atom is 0.307 e. The number of carbonyl (C=O) groups excluding carboxylic acids is 1. The van der Waals surface area contributed by atoms with E-state index in [2.05, 4.69) is 19.2 Å². The van der Waals surface area contributed by atoms with Crippen LogP contribution >= 0.6 is 0 Å². The van der Waals surface area contributed by atoms with Crippen molar-refractivity contribution >= 4 is 17.6 Å². The molecule has 4 heteroatoms. The van der Waals surface area contributed by atoms with Gasteiger partial charge in [-0.1, -0.05) is 38.1 Å². The van der Waals surface area contributed by atoms with Gasteiger partial charge in [-0.15, -0.1) is 0 Å². The van der Waals surface area contributed by atoms with Gasteiger partial charge < -0.3 is 10.4 Å². The summed E-state index contributed by atoms with van der Waals surface area (Å²) in [7, 11) is 0. The van der Waals surface area contributed by atoms with Gasteiger partial charge in [-0.2, -0.15) is 0 Å². The Hall–Kier alpha value is -2.10. The molecule has 21 heavy (non-hydrogen) atoms. The predicted molar refractivity (Wildman–Crippen MR) is 82.2 cm³/mol. The predicted octanol–water partition coefficient (Wildman–Crippen LogP) is 3.42. The minimum atomic E-state index is -0.907. The summed E-state index contributed by atoms with van der Waals surface area (Å²) in [6, 6.07) is 7.69. The molecule has 0 heterocycles. The molecule has 0 aromatic heterocycles. The third-order valence-electron chi connectivity index (χ3n) is 3.91. The first kappa shape index (κ1) is 15.3. The molecule has 2 atom stereocenters. The summed E-state index contributed by atoms with van der Waals surface area (Å²) < 4.78 is 0. The molecule has 2 rings (SSSR count). The molecular formula is C17H21NO3. The van der Waals surface area contributed by atoms with E-state index >= 15 is 0 Å². The van der Waals surface area contributed by atoms with Crippen LogP contribution in [0.3, 0.4) is 0 Å². The zero-order valence-corrected chi connectivity index (χ0v) is 12.4. The fourth-order valence-electron chi connectivity index (χ4n) is 2.59. The number of hydrogen-bond donors (Lipinski definition) is 2. The molecule has 0 saturated heterocycles. The van der Waals surface area contributed by atoms with Crippen molar-refractivity contribution < 1.29 is 14.7 Å². The van der Waals surface area contributed by atoms with Crippen molar-refractivity contribution in [1.29, 1.82) is 0 Å². The lowest BCUT2D eigenvalue weighted by molar-refractivity contribution is -0.146. The molecule has 0 fully saturated rings. The zero-order chi connectivity index (χ0) is 15.4. The number of amides is 1. The number of carboxylic acid groups (broad SMARTS) is 1. The van der Waals surface area contributed by atoms with E-state index in [0.29, 0.717) is 18.8 Å². The molecule has 0 spiro atoms. The molecule has 4 nitrogen and oxygen atoms in total. The first-order valence-corrected chi connectivity index (χ1v) is 7.27. The second-order valence-corrected chi connectivity index (χ2v) is 5.76. The van der Waals surface area contributed by atoms with Crippen LogP contribution in [0.4, 0.5) is 5.69 Å². The molecule has 1 aliphatic carbocycles. The molecule has 0 bridgehead atoms. The highest BCUT2D eigenvalue weighted by molar-refractivity contribution is 5.95. The van der Waals surface area contributed by atoms with Gasteiger partial charge in [0.15, 0.2) is 0 Å². The zero-order valence-electron chi connectivity index (χ0n) is 12.4. The summed E-state index contributed by atoms with van der Waals surface area (Å²) in [4.78, 5) is 23.6. The van der Waals surface area contributed by atoms with Gasteiger partial charge in [0, 0.05) is 5.69 Å². The first-order chi connectivity index (χ1) is 9.99. The Kier molecular flexibility index (Phi) is 4.78. The number of carboxylic acids is 1. The molecular weight excluding hydrogens is 266 g/mol. The minimum Gasteiger partial charge on any atom is -0.481 e. The topological polar surface area (TPSA) is 66.4 Å². The number of benzene rings is 1. The molecule has 1 amide bonds. The van der Waals surface area contributed by atoms with E-state index in [4.69, 9.17) is 0 Å². The van der Waals surface area contributed by atoms with E-state index in [0.717, 1.165) is 11.3 Å². The van der Waals surface area contributed by atoms with Crippen LogP contribution in [0.2, 0.25) is 0 Å². The Morgan fingerprint density at radius 1 is 1.19 bits per heavy atom. The Bertz CT molecular complexity index is 563. The summed E-state index contributed by atoms with van der Waals surface area (Å²) in [5.74, 6) is -1.88. The SMILES string of the molecule is CC(C)c1cccc(NC(=O)[C@H]2CC=CC[C@@H]2C(=O)O)c1. The molecule has 0 unspecified atom stereocenters. The Morgan fingerprint density at radius 2 is 1.86 bits per heavy atom. The maximum absolute atomic E-state index is 12.4. The summed E-state index contributed by atoms with van der Waals surface area (Å²) in [5, 5.41) is 12.1. The second kappa shape index (κ2) is 6.57. The van der Waals surface area contributed by atoms with Crippen molar-refractivity contribution in [3.8, 4) is 0 Å². The summed E-state index contributed by atoms with van der Waals surface area (Å²) in [6.07, 6.45) is 4.61. The highest BCUT2D eigenvalue weighted by atomic mass is 16.4. The number of allylic oxidation sites excluding steroid dienone is 2. The molecule has 2 N–H and O–H groups in total. The minimum absolute atomic E-state index is 0.215.